The molecule has 0 amide bonds. The zero-order valence-corrected chi connectivity index (χ0v) is 10.5. The lowest BCUT2D eigenvalue weighted by molar-refractivity contribution is -0.100. The molecule has 0 bridgehead atoms. The van der Waals surface area contributed by atoms with Crippen molar-refractivity contribution in [3.05, 3.63) is 12.2 Å². The fourth-order valence-corrected chi connectivity index (χ4v) is 3.13. The van der Waals surface area contributed by atoms with Crippen molar-refractivity contribution in [3.8, 4) is 0 Å². The van der Waals surface area contributed by atoms with Gasteiger partial charge in [0.2, 0.25) is 0 Å². The molecule has 2 heterocycles. The highest BCUT2D eigenvalue weighted by molar-refractivity contribution is 4.92. The average molecular weight is 237 g/mol. The van der Waals surface area contributed by atoms with Gasteiger partial charge in [-0.2, -0.15) is 0 Å². The van der Waals surface area contributed by atoms with Crippen molar-refractivity contribution in [1.29, 1.82) is 0 Å². The van der Waals surface area contributed by atoms with Gasteiger partial charge >= 0.3 is 0 Å². The van der Waals surface area contributed by atoms with Gasteiger partial charge in [-0.3, -0.25) is 0 Å². The predicted molar refractivity (Wildman–Crippen MR) is 66.8 cm³/mol. The third-order valence-electron chi connectivity index (χ3n) is 4.13. The first kappa shape index (κ1) is 11.7. The minimum Gasteiger partial charge on any atom is -0.350 e. The monoisotopic (exact) mass is 237 g/mol. The average Bonchev–Trinajstić information content (AvgIpc) is 3.02. The van der Waals surface area contributed by atoms with Crippen LogP contribution < -0.4 is 0 Å². The van der Waals surface area contributed by atoms with Gasteiger partial charge in [0.25, 0.3) is 0 Å². The second kappa shape index (κ2) is 5.51. The molecule has 3 atom stereocenters. The van der Waals surface area contributed by atoms with Crippen molar-refractivity contribution in [2.45, 2.75) is 44.5 Å². The third-order valence-corrected chi connectivity index (χ3v) is 4.13. The van der Waals surface area contributed by atoms with Gasteiger partial charge in [-0.05, 0) is 45.2 Å². The molecule has 0 aromatic heterocycles. The van der Waals surface area contributed by atoms with Gasteiger partial charge in [-0.1, -0.05) is 12.2 Å². The molecular formula is C14H23NO2. The van der Waals surface area contributed by atoms with E-state index in [1.54, 1.807) is 0 Å². The molecule has 2 fully saturated rings. The first-order valence-electron chi connectivity index (χ1n) is 7.06. The lowest BCUT2D eigenvalue weighted by atomic mass is 9.94. The summed E-state index contributed by atoms with van der Waals surface area (Å²) in [6.07, 6.45) is 11.1. The van der Waals surface area contributed by atoms with Crippen LogP contribution in [0.15, 0.2) is 12.2 Å². The van der Waals surface area contributed by atoms with Crippen LogP contribution in [0.2, 0.25) is 0 Å². The van der Waals surface area contributed by atoms with Crippen LogP contribution >= 0.6 is 0 Å². The highest BCUT2D eigenvalue weighted by atomic mass is 16.7. The van der Waals surface area contributed by atoms with Crippen LogP contribution in [0.5, 0.6) is 0 Å². The summed E-state index contributed by atoms with van der Waals surface area (Å²) >= 11 is 0. The highest BCUT2D eigenvalue weighted by Gasteiger charge is 2.33. The Labute approximate surface area is 104 Å². The second-order valence-corrected chi connectivity index (χ2v) is 5.51. The van der Waals surface area contributed by atoms with E-state index in [4.69, 9.17) is 9.47 Å². The summed E-state index contributed by atoms with van der Waals surface area (Å²) in [7, 11) is 0. The zero-order chi connectivity index (χ0) is 11.5. The first-order chi connectivity index (χ1) is 8.42. The molecule has 17 heavy (non-hydrogen) atoms. The molecular weight excluding hydrogens is 214 g/mol. The molecule has 2 aliphatic heterocycles. The van der Waals surface area contributed by atoms with Crippen molar-refractivity contribution in [2.24, 2.45) is 5.92 Å². The Morgan fingerprint density at radius 3 is 2.82 bits per heavy atom. The Bertz CT molecular complexity index is 273. The molecule has 0 spiro atoms. The SMILES string of the molecule is C1=CC[C@H]([C@@H]2OC[C@@H](CN3CCCC3)O2)CC1. The fraction of sp³-hybridized carbons (Fsp3) is 0.857. The summed E-state index contributed by atoms with van der Waals surface area (Å²) in [5.74, 6) is 0.587. The van der Waals surface area contributed by atoms with Gasteiger partial charge < -0.3 is 14.4 Å². The molecule has 1 aliphatic carbocycles. The lowest BCUT2D eigenvalue weighted by Gasteiger charge is -2.24. The van der Waals surface area contributed by atoms with Crippen LogP contribution in [0.1, 0.15) is 32.1 Å². The van der Waals surface area contributed by atoms with Crippen molar-refractivity contribution in [3.63, 3.8) is 0 Å². The number of hydrogen-bond acceptors (Lipinski definition) is 3. The summed E-state index contributed by atoms with van der Waals surface area (Å²) < 4.78 is 11.9. The van der Waals surface area contributed by atoms with E-state index in [2.05, 4.69) is 17.1 Å². The largest absolute Gasteiger partial charge is 0.350 e. The van der Waals surface area contributed by atoms with Crippen molar-refractivity contribution in [2.75, 3.05) is 26.2 Å². The van der Waals surface area contributed by atoms with Gasteiger partial charge in [0.05, 0.1) is 12.7 Å². The number of rotatable bonds is 3. The Balaban J connectivity index is 1.46. The van der Waals surface area contributed by atoms with Gasteiger partial charge in [-0.15, -0.1) is 0 Å². The summed E-state index contributed by atoms with van der Waals surface area (Å²) in [6, 6.07) is 0. The van der Waals surface area contributed by atoms with Crippen molar-refractivity contribution >= 4 is 0 Å². The van der Waals surface area contributed by atoms with E-state index in [0.717, 1.165) is 19.6 Å². The second-order valence-electron chi connectivity index (χ2n) is 5.51. The Hall–Kier alpha value is -0.380. The molecule has 2 saturated heterocycles. The number of hydrogen-bond donors (Lipinski definition) is 0. The molecule has 0 saturated carbocycles. The number of likely N-dealkylation sites (tertiary alicyclic amines) is 1. The smallest absolute Gasteiger partial charge is 0.161 e. The number of ether oxygens (including phenoxy) is 2. The van der Waals surface area contributed by atoms with Crippen LogP contribution in [-0.2, 0) is 9.47 Å². The number of allylic oxidation sites excluding steroid dienone is 2. The molecule has 3 rings (SSSR count). The molecule has 0 radical (unpaired) electrons. The summed E-state index contributed by atoms with van der Waals surface area (Å²) in [5.41, 5.74) is 0. The standard InChI is InChI=1S/C14H23NO2/c1-2-6-12(7-3-1)14-16-11-13(17-14)10-15-8-4-5-9-15/h1-2,12-14H,3-11H2/t12-,13+,14+/m0/s1. The van der Waals surface area contributed by atoms with Crippen molar-refractivity contribution < 1.29 is 9.47 Å². The van der Waals surface area contributed by atoms with Crippen molar-refractivity contribution in [1.82, 2.24) is 4.90 Å². The zero-order valence-electron chi connectivity index (χ0n) is 10.5. The van der Waals surface area contributed by atoms with Crippen LogP contribution in [-0.4, -0.2) is 43.5 Å². The van der Waals surface area contributed by atoms with E-state index in [9.17, 15) is 0 Å². The Kier molecular flexibility index (Phi) is 3.79. The molecule has 3 heteroatoms. The van der Waals surface area contributed by atoms with E-state index < -0.39 is 0 Å². The van der Waals surface area contributed by atoms with E-state index in [0.29, 0.717) is 12.0 Å². The molecule has 3 aliphatic rings. The van der Waals surface area contributed by atoms with E-state index >= 15 is 0 Å². The lowest BCUT2D eigenvalue weighted by Crippen LogP contribution is -2.32. The molecule has 0 aromatic carbocycles. The van der Waals surface area contributed by atoms with Gasteiger partial charge in [-0.25, -0.2) is 0 Å². The summed E-state index contributed by atoms with van der Waals surface area (Å²) in [4.78, 5) is 2.51. The number of nitrogens with zero attached hydrogens (tertiary/aromatic N) is 1. The predicted octanol–water partition coefficient (Wildman–Crippen LogP) is 2.18. The molecule has 0 aromatic rings. The van der Waals surface area contributed by atoms with Crippen LogP contribution in [0, 0.1) is 5.92 Å². The molecule has 3 nitrogen and oxygen atoms in total. The maximum Gasteiger partial charge on any atom is 0.161 e. The fourth-order valence-electron chi connectivity index (χ4n) is 3.13. The summed E-state index contributed by atoms with van der Waals surface area (Å²) in [5, 5.41) is 0. The molecule has 0 N–H and O–H groups in total. The Morgan fingerprint density at radius 1 is 1.18 bits per heavy atom. The van der Waals surface area contributed by atoms with E-state index in [-0.39, 0.29) is 6.29 Å². The third kappa shape index (κ3) is 2.90. The summed E-state index contributed by atoms with van der Waals surface area (Å²) in [6.45, 7) is 4.35. The van der Waals surface area contributed by atoms with E-state index in [1.807, 2.05) is 0 Å². The quantitative estimate of drug-likeness (QED) is 0.702. The van der Waals surface area contributed by atoms with Crippen LogP contribution in [0.25, 0.3) is 0 Å². The molecule has 96 valence electrons. The van der Waals surface area contributed by atoms with Gasteiger partial charge in [0.1, 0.15) is 0 Å². The minimum absolute atomic E-state index is 0.0625. The maximum absolute atomic E-state index is 6.07. The highest BCUT2D eigenvalue weighted by Crippen LogP contribution is 2.29. The van der Waals surface area contributed by atoms with Gasteiger partial charge in [0.15, 0.2) is 6.29 Å². The Morgan fingerprint density at radius 2 is 2.06 bits per heavy atom. The topological polar surface area (TPSA) is 21.7 Å². The normalized spacial score (nSPS) is 38.9. The maximum atomic E-state index is 6.07. The minimum atomic E-state index is 0.0625. The molecule has 0 unspecified atom stereocenters. The van der Waals surface area contributed by atoms with Crippen LogP contribution in [0.4, 0.5) is 0 Å². The van der Waals surface area contributed by atoms with Crippen LogP contribution in [0.3, 0.4) is 0 Å². The van der Waals surface area contributed by atoms with E-state index in [1.165, 1.54) is 38.8 Å². The first-order valence-corrected chi connectivity index (χ1v) is 7.06. The van der Waals surface area contributed by atoms with Gasteiger partial charge in [0, 0.05) is 12.5 Å².